The van der Waals surface area contributed by atoms with Crippen molar-refractivity contribution in [3.05, 3.63) is 47.9 Å². The van der Waals surface area contributed by atoms with E-state index in [0.717, 1.165) is 0 Å². The Hall–Kier alpha value is -2.10. The molecule has 4 heteroatoms. The van der Waals surface area contributed by atoms with E-state index in [0.29, 0.717) is 23.5 Å². The van der Waals surface area contributed by atoms with Crippen molar-refractivity contribution in [2.45, 2.75) is 13.5 Å². The molecule has 0 saturated heterocycles. The van der Waals surface area contributed by atoms with Gasteiger partial charge in [-0.3, -0.25) is 0 Å². The average molecular weight is 247 g/mol. The minimum atomic E-state index is -0.417. The average Bonchev–Trinajstić information content (AvgIpc) is 2.81. The van der Waals surface area contributed by atoms with Crippen LogP contribution in [-0.2, 0) is 11.3 Å². The van der Waals surface area contributed by atoms with E-state index in [1.165, 1.54) is 13.2 Å². The van der Waals surface area contributed by atoms with Crippen LogP contribution in [0.3, 0.4) is 0 Å². The highest BCUT2D eigenvalue weighted by atomic mass is 19.1. The van der Waals surface area contributed by atoms with Gasteiger partial charge in [-0.15, -0.1) is 0 Å². The van der Waals surface area contributed by atoms with Crippen molar-refractivity contribution in [1.82, 2.24) is 4.57 Å². The van der Waals surface area contributed by atoms with E-state index >= 15 is 0 Å². The molecule has 0 atom stereocenters. The van der Waals surface area contributed by atoms with Crippen LogP contribution in [0, 0.1) is 5.82 Å². The fraction of sp³-hybridized carbons (Fsp3) is 0.214. The first-order chi connectivity index (χ1) is 8.69. The molecule has 0 bridgehead atoms. The van der Waals surface area contributed by atoms with Crippen LogP contribution in [0.15, 0.2) is 36.4 Å². The second kappa shape index (κ2) is 5.04. The van der Waals surface area contributed by atoms with Gasteiger partial charge >= 0.3 is 5.97 Å². The molecule has 18 heavy (non-hydrogen) atoms. The number of carbonyl (C=O) groups is 1. The third kappa shape index (κ3) is 2.01. The molecular weight excluding hydrogens is 233 g/mol. The lowest BCUT2D eigenvalue weighted by molar-refractivity contribution is 0.0589. The van der Waals surface area contributed by atoms with E-state index in [9.17, 15) is 9.18 Å². The molecule has 1 aromatic heterocycles. The van der Waals surface area contributed by atoms with E-state index in [1.807, 2.05) is 6.92 Å². The maximum absolute atomic E-state index is 13.8. The summed E-state index contributed by atoms with van der Waals surface area (Å²) in [6.07, 6.45) is 0. The third-order valence-corrected chi connectivity index (χ3v) is 2.84. The summed E-state index contributed by atoms with van der Waals surface area (Å²) in [7, 11) is 1.33. The van der Waals surface area contributed by atoms with Gasteiger partial charge in [0.1, 0.15) is 11.5 Å². The summed E-state index contributed by atoms with van der Waals surface area (Å²) in [6.45, 7) is 2.47. The Morgan fingerprint density at radius 1 is 1.28 bits per heavy atom. The molecule has 2 aromatic rings. The Bertz CT molecular complexity index is 575. The Kier molecular flexibility index (Phi) is 3.46. The van der Waals surface area contributed by atoms with Gasteiger partial charge in [0.05, 0.1) is 12.8 Å². The van der Waals surface area contributed by atoms with Gasteiger partial charge in [0.15, 0.2) is 0 Å². The predicted molar refractivity (Wildman–Crippen MR) is 66.8 cm³/mol. The van der Waals surface area contributed by atoms with Crippen molar-refractivity contribution in [2.75, 3.05) is 7.11 Å². The second-order valence-corrected chi connectivity index (χ2v) is 3.82. The Balaban J connectivity index is 2.56. The van der Waals surface area contributed by atoms with Crippen molar-refractivity contribution in [1.29, 1.82) is 0 Å². The third-order valence-electron chi connectivity index (χ3n) is 2.84. The van der Waals surface area contributed by atoms with Crippen LogP contribution < -0.4 is 0 Å². The molecule has 0 aliphatic heterocycles. The predicted octanol–water partition coefficient (Wildman–Crippen LogP) is 3.10. The number of esters is 1. The molecule has 94 valence electrons. The maximum Gasteiger partial charge on any atom is 0.354 e. The summed E-state index contributed by atoms with van der Waals surface area (Å²) in [5, 5.41) is 0. The quantitative estimate of drug-likeness (QED) is 0.780. The molecule has 0 spiro atoms. The Labute approximate surface area is 105 Å². The van der Waals surface area contributed by atoms with Crippen molar-refractivity contribution < 1.29 is 13.9 Å². The van der Waals surface area contributed by atoms with Crippen LogP contribution >= 0.6 is 0 Å². The number of hydrogen-bond acceptors (Lipinski definition) is 2. The summed E-state index contributed by atoms with van der Waals surface area (Å²) in [4.78, 5) is 11.6. The van der Waals surface area contributed by atoms with E-state index < -0.39 is 5.97 Å². The summed E-state index contributed by atoms with van der Waals surface area (Å²) < 4.78 is 20.2. The van der Waals surface area contributed by atoms with Crippen LogP contribution in [0.1, 0.15) is 17.4 Å². The lowest BCUT2D eigenvalue weighted by Gasteiger charge is -2.10. The zero-order chi connectivity index (χ0) is 13.1. The van der Waals surface area contributed by atoms with E-state index in [2.05, 4.69) is 0 Å². The van der Waals surface area contributed by atoms with Crippen LogP contribution in [0.2, 0.25) is 0 Å². The van der Waals surface area contributed by atoms with Gasteiger partial charge in [0.2, 0.25) is 0 Å². The molecule has 0 N–H and O–H groups in total. The summed E-state index contributed by atoms with van der Waals surface area (Å²) in [6, 6.07) is 9.88. The number of methoxy groups -OCH3 is 1. The van der Waals surface area contributed by atoms with Gasteiger partial charge in [0, 0.05) is 12.1 Å². The van der Waals surface area contributed by atoms with Crippen molar-refractivity contribution >= 4 is 5.97 Å². The van der Waals surface area contributed by atoms with Crippen LogP contribution in [0.25, 0.3) is 11.3 Å². The van der Waals surface area contributed by atoms with Gasteiger partial charge < -0.3 is 9.30 Å². The lowest BCUT2D eigenvalue weighted by Crippen LogP contribution is -2.10. The van der Waals surface area contributed by atoms with Crippen LogP contribution in [0.4, 0.5) is 4.39 Å². The van der Waals surface area contributed by atoms with Gasteiger partial charge in [-0.05, 0) is 31.2 Å². The maximum atomic E-state index is 13.8. The normalized spacial score (nSPS) is 10.4. The van der Waals surface area contributed by atoms with Gasteiger partial charge in [-0.1, -0.05) is 12.1 Å². The molecule has 2 rings (SSSR count). The summed E-state index contributed by atoms with van der Waals surface area (Å²) in [5.41, 5.74) is 1.59. The number of benzene rings is 1. The minimum absolute atomic E-state index is 0.304. The van der Waals surface area contributed by atoms with Crippen LogP contribution in [0.5, 0.6) is 0 Å². The first-order valence-corrected chi connectivity index (χ1v) is 5.71. The number of ether oxygens (including phenoxy) is 1. The highest BCUT2D eigenvalue weighted by Crippen LogP contribution is 2.25. The molecule has 0 amide bonds. The number of nitrogens with zero attached hydrogens (tertiary/aromatic N) is 1. The number of halogens is 1. The molecule has 0 aliphatic carbocycles. The molecule has 0 aliphatic rings. The summed E-state index contributed by atoms with van der Waals surface area (Å²) in [5.74, 6) is -0.721. The second-order valence-electron chi connectivity index (χ2n) is 3.82. The molecule has 3 nitrogen and oxygen atoms in total. The minimum Gasteiger partial charge on any atom is -0.464 e. The first-order valence-electron chi connectivity index (χ1n) is 5.71. The lowest BCUT2D eigenvalue weighted by atomic mass is 10.1. The van der Waals surface area contributed by atoms with Crippen LogP contribution in [-0.4, -0.2) is 17.6 Å². The number of rotatable bonds is 3. The van der Waals surface area contributed by atoms with Crippen molar-refractivity contribution in [3.8, 4) is 11.3 Å². The van der Waals surface area contributed by atoms with Crippen molar-refractivity contribution in [3.63, 3.8) is 0 Å². The zero-order valence-electron chi connectivity index (χ0n) is 10.3. The fourth-order valence-electron chi connectivity index (χ4n) is 2.00. The summed E-state index contributed by atoms with van der Waals surface area (Å²) >= 11 is 0. The number of aromatic nitrogens is 1. The zero-order valence-corrected chi connectivity index (χ0v) is 10.3. The van der Waals surface area contributed by atoms with Gasteiger partial charge in [-0.25, -0.2) is 9.18 Å². The molecule has 0 unspecified atom stereocenters. The highest BCUT2D eigenvalue weighted by molar-refractivity contribution is 5.89. The first kappa shape index (κ1) is 12.4. The van der Waals surface area contributed by atoms with E-state index in [1.54, 1.807) is 34.9 Å². The van der Waals surface area contributed by atoms with Crippen molar-refractivity contribution in [2.24, 2.45) is 0 Å². The smallest absolute Gasteiger partial charge is 0.354 e. The highest BCUT2D eigenvalue weighted by Gasteiger charge is 2.16. The molecule has 0 fully saturated rings. The van der Waals surface area contributed by atoms with E-state index in [4.69, 9.17) is 4.74 Å². The van der Waals surface area contributed by atoms with Gasteiger partial charge in [0.25, 0.3) is 0 Å². The molecule has 1 aromatic carbocycles. The monoisotopic (exact) mass is 247 g/mol. The topological polar surface area (TPSA) is 31.2 Å². The standard InChI is InChI=1S/C14H14FNO2/c1-3-16-12(8-9-13(16)14(17)18-2)10-6-4-5-7-11(10)15/h4-9H,3H2,1-2H3. The molecule has 0 radical (unpaired) electrons. The molecule has 1 heterocycles. The fourth-order valence-corrected chi connectivity index (χ4v) is 2.00. The SMILES string of the molecule is CCn1c(C(=O)OC)ccc1-c1ccccc1F. The largest absolute Gasteiger partial charge is 0.464 e. The number of carbonyl (C=O) groups excluding carboxylic acids is 1. The van der Waals surface area contributed by atoms with E-state index in [-0.39, 0.29) is 5.82 Å². The number of hydrogen-bond donors (Lipinski definition) is 0. The Morgan fingerprint density at radius 3 is 2.61 bits per heavy atom. The molecule has 0 saturated carbocycles. The molecular formula is C14H14FNO2. The Morgan fingerprint density at radius 2 is 2.00 bits per heavy atom. The van der Waals surface area contributed by atoms with Gasteiger partial charge in [-0.2, -0.15) is 0 Å².